The molecular formula is C15H18N4S. The minimum absolute atomic E-state index is 0.316. The fourth-order valence-electron chi connectivity index (χ4n) is 2.57. The van der Waals surface area contributed by atoms with Gasteiger partial charge in [0.25, 0.3) is 0 Å². The van der Waals surface area contributed by atoms with Gasteiger partial charge in [-0.3, -0.25) is 0 Å². The average molecular weight is 286 g/mol. The van der Waals surface area contributed by atoms with Crippen molar-refractivity contribution in [1.29, 1.82) is 0 Å². The molecule has 1 aromatic carbocycles. The lowest BCUT2D eigenvalue weighted by Crippen LogP contribution is -2.04. The Balaban J connectivity index is 2.38. The van der Waals surface area contributed by atoms with E-state index >= 15 is 0 Å². The van der Waals surface area contributed by atoms with E-state index in [-0.39, 0.29) is 0 Å². The van der Waals surface area contributed by atoms with E-state index in [1.54, 1.807) is 0 Å². The second kappa shape index (κ2) is 4.59. The summed E-state index contributed by atoms with van der Waals surface area (Å²) in [6.45, 7) is 8.39. The fraction of sp³-hybridized carbons (Fsp3) is 0.333. The first-order valence-corrected chi connectivity index (χ1v) is 7.47. The molecule has 0 atom stereocenters. The van der Waals surface area contributed by atoms with Gasteiger partial charge < -0.3 is 10.3 Å². The number of benzene rings is 1. The number of anilines is 1. The molecule has 0 amide bonds. The highest BCUT2D eigenvalue weighted by Gasteiger charge is 2.20. The molecule has 2 aromatic heterocycles. The fourth-order valence-corrected chi connectivity index (χ4v) is 3.22. The van der Waals surface area contributed by atoms with Crippen LogP contribution in [0.1, 0.15) is 31.1 Å². The number of nitrogens with zero attached hydrogens (tertiary/aromatic N) is 3. The number of aromatic nitrogens is 3. The van der Waals surface area contributed by atoms with E-state index < -0.39 is 0 Å². The third kappa shape index (κ3) is 1.89. The zero-order valence-electron chi connectivity index (χ0n) is 12.1. The Labute approximate surface area is 122 Å². The number of nitrogen functional groups attached to an aromatic ring is 1. The Bertz CT molecular complexity index is 763. The number of hydrogen-bond acceptors (Lipinski definition) is 4. The predicted molar refractivity (Wildman–Crippen MR) is 85.1 cm³/mol. The number of aryl methyl sites for hydroxylation is 2. The molecule has 5 heteroatoms. The summed E-state index contributed by atoms with van der Waals surface area (Å²) in [5.41, 5.74) is 11.4. The topological polar surface area (TPSA) is 56.7 Å². The molecule has 0 aliphatic carbocycles. The molecule has 0 aliphatic heterocycles. The molecule has 2 heterocycles. The molecular weight excluding hydrogens is 268 g/mol. The molecule has 0 spiro atoms. The van der Waals surface area contributed by atoms with Gasteiger partial charge in [0.2, 0.25) is 0 Å². The maximum Gasteiger partial charge on any atom is 0.146 e. The molecule has 0 saturated heterocycles. The van der Waals surface area contributed by atoms with Crippen LogP contribution >= 0.6 is 11.5 Å². The van der Waals surface area contributed by atoms with E-state index in [1.807, 2.05) is 6.92 Å². The second-order valence-electron chi connectivity index (χ2n) is 5.40. The standard InChI is InChI=1S/C15H18N4S/c1-8(2)19-12-6-5-9(3)7-11(12)17-15(19)13-10(4)18-20-14(13)16/h5-8H,16H2,1-4H3. The zero-order valence-corrected chi connectivity index (χ0v) is 13.0. The largest absolute Gasteiger partial charge is 0.389 e. The number of imidazole rings is 1. The summed E-state index contributed by atoms with van der Waals surface area (Å²) in [5.74, 6) is 0.921. The normalized spacial score (nSPS) is 11.7. The number of rotatable bonds is 2. The van der Waals surface area contributed by atoms with Crippen LogP contribution in [0.15, 0.2) is 18.2 Å². The van der Waals surface area contributed by atoms with Gasteiger partial charge in [-0.1, -0.05) is 6.07 Å². The molecule has 3 rings (SSSR count). The van der Waals surface area contributed by atoms with Crippen molar-refractivity contribution in [1.82, 2.24) is 13.9 Å². The Kier molecular flexibility index (Phi) is 3.01. The first kappa shape index (κ1) is 13.1. The predicted octanol–water partition coefficient (Wildman–Crippen LogP) is 3.94. The van der Waals surface area contributed by atoms with Crippen molar-refractivity contribution in [3.63, 3.8) is 0 Å². The van der Waals surface area contributed by atoms with Gasteiger partial charge in [-0.15, -0.1) is 0 Å². The lowest BCUT2D eigenvalue weighted by molar-refractivity contribution is 0.624. The van der Waals surface area contributed by atoms with Crippen molar-refractivity contribution >= 4 is 27.6 Å². The summed E-state index contributed by atoms with van der Waals surface area (Å²) < 4.78 is 6.58. The molecule has 0 fully saturated rings. The maximum atomic E-state index is 6.10. The van der Waals surface area contributed by atoms with Crippen molar-refractivity contribution in [2.75, 3.05) is 5.73 Å². The smallest absolute Gasteiger partial charge is 0.146 e. The van der Waals surface area contributed by atoms with Gasteiger partial charge in [-0.25, -0.2) is 4.98 Å². The average Bonchev–Trinajstić information content (AvgIpc) is 2.89. The lowest BCUT2D eigenvalue weighted by atomic mass is 10.2. The highest BCUT2D eigenvalue weighted by molar-refractivity contribution is 7.10. The van der Waals surface area contributed by atoms with Crippen LogP contribution in [0.4, 0.5) is 5.00 Å². The van der Waals surface area contributed by atoms with E-state index in [9.17, 15) is 0 Å². The van der Waals surface area contributed by atoms with Gasteiger partial charge in [-0.05, 0) is 56.9 Å². The van der Waals surface area contributed by atoms with Crippen LogP contribution in [-0.4, -0.2) is 13.9 Å². The zero-order chi connectivity index (χ0) is 14.4. The van der Waals surface area contributed by atoms with Crippen LogP contribution in [0.25, 0.3) is 22.4 Å². The van der Waals surface area contributed by atoms with Crippen molar-refractivity contribution in [2.24, 2.45) is 0 Å². The molecule has 20 heavy (non-hydrogen) atoms. The highest BCUT2D eigenvalue weighted by atomic mass is 32.1. The summed E-state index contributed by atoms with van der Waals surface area (Å²) in [6, 6.07) is 6.68. The van der Waals surface area contributed by atoms with Crippen molar-refractivity contribution in [2.45, 2.75) is 33.7 Å². The Morgan fingerprint density at radius 2 is 2.00 bits per heavy atom. The van der Waals surface area contributed by atoms with Crippen LogP contribution < -0.4 is 5.73 Å². The molecule has 2 N–H and O–H groups in total. The maximum absolute atomic E-state index is 6.10. The Morgan fingerprint density at radius 3 is 2.60 bits per heavy atom. The van der Waals surface area contributed by atoms with E-state index in [0.717, 1.165) is 33.1 Å². The van der Waals surface area contributed by atoms with E-state index in [2.05, 4.69) is 47.9 Å². The summed E-state index contributed by atoms with van der Waals surface area (Å²) >= 11 is 1.33. The minimum Gasteiger partial charge on any atom is -0.389 e. The van der Waals surface area contributed by atoms with Crippen LogP contribution in [-0.2, 0) is 0 Å². The molecule has 0 radical (unpaired) electrons. The van der Waals surface area contributed by atoms with E-state index in [1.165, 1.54) is 17.1 Å². The summed E-state index contributed by atoms with van der Waals surface area (Å²) in [7, 11) is 0. The quantitative estimate of drug-likeness (QED) is 0.776. The summed E-state index contributed by atoms with van der Waals surface area (Å²) in [6.07, 6.45) is 0. The van der Waals surface area contributed by atoms with Crippen molar-refractivity contribution in [3.05, 3.63) is 29.5 Å². The van der Waals surface area contributed by atoms with Gasteiger partial charge in [-0.2, -0.15) is 4.37 Å². The van der Waals surface area contributed by atoms with Crippen LogP contribution in [0.2, 0.25) is 0 Å². The minimum atomic E-state index is 0.316. The van der Waals surface area contributed by atoms with Gasteiger partial charge in [0, 0.05) is 6.04 Å². The monoisotopic (exact) mass is 286 g/mol. The lowest BCUT2D eigenvalue weighted by Gasteiger charge is -2.13. The highest BCUT2D eigenvalue weighted by Crippen LogP contribution is 2.35. The van der Waals surface area contributed by atoms with Crippen molar-refractivity contribution in [3.8, 4) is 11.4 Å². The van der Waals surface area contributed by atoms with E-state index in [0.29, 0.717) is 6.04 Å². The van der Waals surface area contributed by atoms with Crippen molar-refractivity contribution < 1.29 is 0 Å². The Morgan fingerprint density at radius 1 is 1.25 bits per heavy atom. The number of fused-ring (bicyclic) bond motifs is 1. The first-order valence-electron chi connectivity index (χ1n) is 6.69. The molecule has 3 aromatic rings. The number of nitrogens with two attached hydrogens (primary N) is 1. The number of hydrogen-bond donors (Lipinski definition) is 1. The van der Waals surface area contributed by atoms with Gasteiger partial charge in [0.05, 0.1) is 22.3 Å². The molecule has 0 unspecified atom stereocenters. The summed E-state index contributed by atoms with van der Waals surface area (Å²) in [4.78, 5) is 4.81. The molecule has 0 saturated carbocycles. The SMILES string of the molecule is Cc1ccc2c(c1)nc(-c1c(C)nsc1N)n2C(C)C. The first-order chi connectivity index (χ1) is 9.49. The van der Waals surface area contributed by atoms with Gasteiger partial charge >= 0.3 is 0 Å². The van der Waals surface area contributed by atoms with Crippen LogP contribution in [0, 0.1) is 13.8 Å². The molecule has 4 nitrogen and oxygen atoms in total. The third-order valence-corrected chi connectivity index (χ3v) is 4.24. The van der Waals surface area contributed by atoms with Gasteiger partial charge in [0.15, 0.2) is 0 Å². The summed E-state index contributed by atoms with van der Waals surface area (Å²) in [5, 5.41) is 0.733. The Hall–Kier alpha value is -1.88. The van der Waals surface area contributed by atoms with E-state index in [4.69, 9.17) is 10.7 Å². The van der Waals surface area contributed by atoms with Crippen LogP contribution in [0.3, 0.4) is 0 Å². The second-order valence-corrected chi connectivity index (χ2v) is 6.20. The third-order valence-electron chi connectivity index (χ3n) is 3.47. The van der Waals surface area contributed by atoms with Crippen LogP contribution in [0.5, 0.6) is 0 Å². The molecule has 0 bridgehead atoms. The molecule has 0 aliphatic rings. The molecule has 104 valence electrons. The van der Waals surface area contributed by atoms with Gasteiger partial charge in [0.1, 0.15) is 10.8 Å².